The molecule has 3 rings (SSSR count). The van der Waals surface area contributed by atoms with Crippen LogP contribution < -0.4 is 0 Å². The molecule has 2 saturated heterocycles. The Morgan fingerprint density at radius 1 is 1.55 bits per heavy atom. The van der Waals surface area contributed by atoms with Crippen LogP contribution in [0.2, 0.25) is 0 Å². The Bertz CT molecular complexity index is 517. The fourth-order valence-corrected chi connectivity index (χ4v) is 3.07. The number of hydrogen-bond donors (Lipinski definition) is 0. The number of carbonyl (C=O) groups excluding carboxylic acids is 1. The van der Waals surface area contributed by atoms with Gasteiger partial charge in [-0.3, -0.25) is 9.69 Å². The summed E-state index contributed by atoms with van der Waals surface area (Å²) < 4.78 is 37.4. The Morgan fingerprint density at radius 2 is 2.32 bits per heavy atom. The fourth-order valence-electron chi connectivity index (χ4n) is 3.07. The number of hydrogen-bond acceptors (Lipinski definition) is 5. The molecule has 1 amide bonds. The second-order valence-electron chi connectivity index (χ2n) is 5.78. The Balaban J connectivity index is 1.57. The first-order valence-corrected chi connectivity index (χ1v) is 7.39. The molecular weight excluding hydrogens is 296 g/mol. The molecule has 2 aliphatic rings. The zero-order valence-corrected chi connectivity index (χ0v) is 12.4. The van der Waals surface area contributed by atoms with E-state index in [2.05, 4.69) is 4.98 Å². The third-order valence-electron chi connectivity index (χ3n) is 4.20. The average Bonchev–Trinajstić information content (AvgIpc) is 3.02. The summed E-state index contributed by atoms with van der Waals surface area (Å²) in [6, 6.07) is -0.334. The van der Waals surface area contributed by atoms with Gasteiger partial charge >= 0.3 is 0 Å². The fraction of sp³-hybridized carbons (Fsp3) is 0.714. The highest BCUT2D eigenvalue weighted by Crippen LogP contribution is 2.35. The highest BCUT2D eigenvalue weighted by Gasteiger charge is 2.50. The van der Waals surface area contributed by atoms with E-state index in [-0.39, 0.29) is 36.7 Å². The van der Waals surface area contributed by atoms with E-state index in [1.165, 1.54) is 12.7 Å². The lowest BCUT2D eigenvalue weighted by atomic mass is 10.1. The molecule has 6 nitrogen and oxygen atoms in total. The van der Waals surface area contributed by atoms with Crippen molar-refractivity contribution in [2.75, 3.05) is 32.8 Å². The maximum atomic E-state index is 13.7. The van der Waals surface area contributed by atoms with E-state index in [0.717, 1.165) is 0 Å². The Hall–Kier alpha value is -1.54. The SMILES string of the molecule is CCOCC1CC(F)(F)CN1C1CN(C(=O)c2cocn2)C1. The van der Waals surface area contributed by atoms with Crippen LogP contribution in [0.25, 0.3) is 0 Å². The van der Waals surface area contributed by atoms with E-state index in [1.54, 1.807) is 9.80 Å². The van der Waals surface area contributed by atoms with Gasteiger partial charge in [-0.2, -0.15) is 0 Å². The molecule has 0 spiro atoms. The highest BCUT2D eigenvalue weighted by atomic mass is 19.3. The largest absolute Gasteiger partial charge is 0.451 e. The van der Waals surface area contributed by atoms with Gasteiger partial charge in [-0.1, -0.05) is 0 Å². The topological polar surface area (TPSA) is 58.8 Å². The number of amides is 1. The van der Waals surface area contributed by atoms with E-state index in [4.69, 9.17) is 9.15 Å². The Kier molecular flexibility index (Phi) is 4.14. The van der Waals surface area contributed by atoms with Gasteiger partial charge in [0, 0.05) is 38.2 Å². The van der Waals surface area contributed by atoms with Gasteiger partial charge in [-0.15, -0.1) is 0 Å². The lowest BCUT2D eigenvalue weighted by molar-refractivity contribution is -0.0150. The molecule has 122 valence electrons. The van der Waals surface area contributed by atoms with Crippen LogP contribution in [-0.2, 0) is 4.74 Å². The second-order valence-corrected chi connectivity index (χ2v) is 5.78. The average molecular weight is 315 g/mol. The quantitative estimate of drug-likeness (QED) is 0.818. The normalized spacial score (nSPS) is 25.4. The molecule has 0 N–H and O–H groups in total. The maximum Gasteiger partial charge on any atom is 0.275 e. The van der Waals surface area contributed by atoms with Gasteiger partial charge in [-0.05, 0) is 6.92 Å². The molecule has 0 saturated carbocycles. The minimum absolute atomic E-state index is 0.0466. The smallest absolute Gasteiger partial charge is 0.275 e. The van der Waals surface area contributed by atoms with Crippen LogP contribution >= 0.6 is 0 Å². The van der Waals surface area contributed by atoms with Crippen LogP contribution in [0.5, 0.6) is 0 Å². The molecule has 22 heavy (non-hydrogen) atoms. The molecule has 0 bridgehead atoms. The highest BCUT2D eigenvalue weighted by molar-refractivity contribution is 5.92. The molecular formula is C14H19F2N3O3. The molecule has 1 aromatic rings. The number of ether oxygens (including phenoxy) is 1. The molecule has 1 unspecified atom stereocenters. The summed E-state index contributed by atoms with van der Waals surface area (Å²) in [5.74, 6) is -2.91. The number of oxazole rings is 1. The van der Waals surface area contributed by atoms with Crippen molar-refractivity contribution in [1.82, 2.24) is 14.8 Å². The molecule has 0 aliphatic carbocycles. The second kappa shape index (κ2) is 5.92. The minimum atomic E-state index is -2.68. The van der Waals surface area contributed by atoms with E-state index >= 15 is 0 Å². The summed E-state index contributed by atoms with van der Waals surface area (Å²) in [7, 11) is 0. The molecule has 1 aromatic heterocycles. The lowest BCUT2D eigenvalue weighted by Gasteiger charge is -2.45. The number of carbonyl (C=O) groups is 1. The van der Waals surface area contributed by atoms with E-state index < -0.39 is 5.92 Å². The number of likely N-dealkylation sites (tertiary alicyclic amines) is 2. The predicted molar refractivity (Wildman–Crippen MR) is 72.7 cm³/mol. The number of rotatable bonds is 5. The first-order valence-electron chi connectivity index (χ1n) is 7.39. The van der Waals surface area contributed by atoms with E-state index in [0.29, 0.717) is 26.3 Å². The van der Waals surface area contributed by atoms with Crippen LogP contribution in [0.4, 0.5) is 8.78 Å². The predicted octanol–water partition coefficient (Wildman–Crippen LogP) is 1.25. The number of alkyl halides is 2. The van der Waals surface area contributed by atoms with Crippen molar-refractivity contribution in [2.45, 2.75) is 31.4 Å². The third-order valence-corrected chi connectivity index (χ3v) is 4.20. The number of aromatic nitrogens is 1. The Morgan fingerprint density at radius 3 is 2.95 bits per heavy atom. The summed E-state index contributed by atoms with van der Waals surface area (Å²) in [6.45, 7) is 3.27. The van der Waals surface area contributed by atoms with Crippen LogP contribution in [0, 0.1) is 0 Å². The Labute approximate surface area is 127 Å². The standard InChI is InChI=1S/C14H19F2N3O3/c1-2-21-6-10-3-14(15,16)8-19(10)11-4-18(5-11)13(20)12-7-22-9-17-12/h7,9-11H,2-6,8H2,1H3. The molecule has 2 fully saturated rings. The van der Waals surface area contributed by atoms with E-state index in [1.807, 2.05) is 6.92 Å². The van der Waals surface area contributed by atoms with E-state index in [9.17, 15) is 13.6 Å². The molecule has 2 aliphatic heterocycles. The first-order chi connectivity index (χ1) is 10.5. The van der Waals surface area contributed by atoms with Gasteiger partial charge in [0.1, 0.15) is 6.26 Å². The van der Waals surface area contributed by atoms with Crippen molar-refractivity contribution in [3.8, 4) is 0 Å². The van der Waals surface area contributed by atoms with Gasteiger partial charge < -0.3 is 14.1 Å². The molecule has 0 aromatic carbocycles. The monoisotopic (exact) mass is 315 g/mol. The third kappa shape index (κ3) is 2.98. The van der Waals surface area contributed by atoms with Crippen molar-refractivity contribution in [3.63, 3.8) is 0 Å². The first kappa shape index (κ1) is 15.4. The zero-order valence-electron chi connectivity index (χ0n) is 12.4. The summed E-state index contributed by atoms with van der Waals surface area (Å²) in [5.41, 5.74) is 0.246. The van der Waals surface area contributed by atoms with Gasteiger partial charge in [0.05, 0.1) is 13.2 Å². The van der Waals surface area contributed by atoms with Crippen LogP contribution in [0.15, 0.2) is 17.1 Å². The van der Waals surface area contributed by atoms with Crippen molar-refractivity contribution in [1.29, 1.82) is 0 Å². The van der Waals surface area contributed by atoms with Crippen LogP contribution in [0.3, 0.4) is 0 Å². The van der Waals surface area contributed by atoms with Crippen LogP contribution in [-0.4, -0.2) is 71.5 Å². The summed E-state index contributed by atoms with van der Waals surface area (Å²) in [6.07, 6.45) is 2.31. The van der Waals surface area contributed by atoms with Gasteiger partial charge in [0.15, 0.2) is 12.1 Å². The molecule has 0 radical (unpaired) electrons. The molecule has 3 heterocycles. The number of halogens is 2. The van der Waals surface area contributed by atoms with Gasteiger partial charge in [0.25, 0.3) is 11.8 Å². The maximum absolute atomic E-state index is 13.7. The molecule has 8 heteroatoms. The van der Waals surface area contributed by atoms with Crippen molar-refractivity contribution in [3.05, 3.63) is 18.4 Å². The van der Waals surface area contributed by atoms with Crippen LogP contribution in [0.1, 0.15) is 23.8 Å². The molecule has 1 atom stereocenters. The van der Waals surface area contributed by atoms with Crippen molar-refractivity contribution >= 4 is 5.91 Å². The lowest BCUT2D eigenvalue weighted by Crippen LogP contribution is -2.62. The number of nitrogens with zero attached hydrogens (tertiary/aromatic N) is 3. The summed E-state index contributed by atoms with van der Waals surface area (Å²) in [4.78, 5) is 19.2. The van der Waals surface area contributed by atoms with Gasteiger partial charge in [-0.25, -0.2) is 13.8 Å². The van der Waals surface area contributed by atoms with Crippen molar-refractivity contribution < 1.29 is 22.7 Å². The minimum Gasteiger partial charge on any atom is -0.451 e. The zero-order chi connectivity index (χ0) is 15.7. The summed E-state index contributed by atoms with van der Waals surface area (Å²) in [5, 5.41) is 0. The summed E-state index contributed by atoms with van der Waals surface area (Å²) >= 11 is 0. The van der Waals surface area contributed by atoms with Gasteiger partial charge in [0.2, 0.25) is 0 Å². The van der Waals surface area contributed by atoms with Crippen molar-refractivity contribution in [2.24, 2.45) is 0 Å².